The van der Waals surface area contributed by atoms with Gasteiger partial charge in [0.2, 0.25) is 0 Å². The average Bonchev–Trinajstić information content (AvgIpc) is 2.30. The van der Waals surface area contributed by atoms with E-state index in [4.69, 9.17) is 11.6 Å². The maximum atomic E-state index is 10.9. The lowest BCUT2D eigenvalue weighted by Gasteiger charge is -2.03. The quantitative estimate of drug-likeness (QED) is 0.575. The lowest BCUT2D eigenvalue weighted by Crippen LogP contribution is -1.94. The Labute approximate surface area is 91.8 Å². The van der Waals surface area contributed by atoms with Crippen LogP contribution in [-0.2, 0) is 0 Å². The number of benzene rings is 1. The van der Waals surface area contributed by atoms with E-state index in [-0.39, 0.29) is 5.15 Å². The molecule has 0 aliphatic carbocycles. The lowest BCUT2D eigenvalue weighted by atomic mass is 10.1. The summed E-state index contributed by atoms with van der Waals surface area (Å²) in [5.41, 5.74) is 1.74. The van der Waals surface area contributed by atoms with E-state index < -0.39 is 0 Å². The smallest absolute Gasteiger partial charge is 0.155 e. The van der Waals surface area contributed by atoms with Gasteiger partial charge in [0.25, 0.3) is 0 Å². The minimum absolute atomic E-state index is 0.179. The molecule has 0 aliphatic rings. The molecular weight excluding hydrogens is 212 g/mol. The molecule has 15 heavy (non-hydrogen) atoms. The highest BCUT2D eigenvalue weighted by atomic mass is 35.5. The second-order valence-electron chi connectivity index (χ2n) is 2.91. The van der Waals surface area contributed by atoms with Gasteiger partial charge in [0.05, 0.1) is 11.3 Å². The Kier molecular flexibility index (Phi) is 2.74. The SMILES string of the molecule is O=Cc1c(Cl)ncnc1-c1ccccc1. The van der Waals surface area contributed by atoms with Crippen molar-refractivity contribution in [1.29, 1.82) is 0 Å². The zero-order chi connectivity index (χ0) is 10.7. The van der Waals surface area contributed by atoms with Crippen molar-refractivity contribution in [3.63, 3.8) is 0 Å². The minimum atomic E-state index is 0.179. The molecule has 0 radical (unpaired) electrons. The van der Waals surface area contributed by atoms with Crippen LogP contribution in [0.25, 0.3) is 11.3 Å². The average molecular weight is 219 g/mol. The molecule has 0 amide bonds. The van der Waals surface area contributed by atoms with E-state index >= 15 is 0 Å². The van der Waals surface area contributed by atoms with Crippen LogP contribution < -0.4 is 0 Å². The molecule has 2 aromatic rings. The van der Waals surface area contributed by atoms with Gasteiger partial charge in [0, 0.05) is 5.56 Å². The van der Waals surface area contributed by atoms with Crippen LogP contribution in [0.3, 0.4) is 0 Å². The molecule has 0 aliphatic heterocycles. The summed E-state index contributed by atoms with van der Waals surface area (Å²) in [6.07, 6.45) is 2.02. The van der Waals surface area contributed by atoms with Gasteiger partial charge in [-0.25, -0.2) is 9.97 Å². The zero-order valence-corrected chi connectivity index (χ0v) is 8.48. The van der Waals surface area contributed by atoms with E-state index in [0.717, 1.165) is 5.56 Å². The van der Waals surface area contributed by atoms with Crippen molar-refractivity contribution in [1.82, 2.24) is 9.97 Å². The molecule has 2 rings (SSSR count). The molecule has 0 atom stereocenters. The number of halogens is 1. The predicted octanol–water partition coefficient (Wildman–Crippen LogP) is 2.61. The first kappa shape index (κ1) is 9.80. The van der Waals surface area contributed by atoms with Gasteiger partial charge < -0.3 is 0 Å². The first-order chi connectivity index (χ1) is 7.33. The van der Waals surface area contributed by atoms with Crippen molar-refractivity contribution in [3.05, 3.63) is 47.4 Å². The summed E-state index contributed by atoms with van der Waals surface area (Å²) in [6.45, 7) is 0. The van der Waals surface area contributed by atoms with Crippen molar-refractivity contribution in [3.8, 4) is 11.3 Å². The number of aldehydes is 1. The maximum absolute atomic E-state index is 10.9. The molecule has 0 fully saturated rings. The molecule has 0 bridgehead atoms. The van der Waals surface area contributed by atoms with E-state index in [1.165, 1.54) is 6.33 Å². The van der Waals surface area contributed by atoms with Crippen LogP contribution in [0.1, 0.15) is 10.4 Å². The van der Waals surface area contributed by atoms with E-state index in [9.17, 15) is 4.79 Å². The Morgan fingerprint density at radius 2 is 1.87 bits per heavy atom. The maximum Gasteiger partial charge on any atom is 0.155 e. The molecule has 74 valence electrons. The van der Waals surface area contributed by atoms with Crippen molar-refractivity contribution in [2.75, 3.05) is 0 Å². The van der Waals surface area contributed by atoms with E-state index in [0.29, 0.717) is 17.5 Å². The largest absolute Gasteiger partial charge is 0.298 e. The van der Waals surface area contributed by atoms with Gasteiger partial charge in [0.1, 0.15) is 11.5 Å². The second kappa shape index (κ2) is 4.19. The van der Waals surface area contributed by atoms with Crippen LogP contribution in [0.15, 0.2) is 36.7 Å². The molecule has 1 aromatic heterocycles. The molecule has 0 saturated carbocycles. The fourth-order valence-electron chi connectivity index (χ4n) is 1.30. The minimum Gasteiger partial charge on any atom is -0.298 e. The lowest BCUT2D eigenvalue weighted by molar-refractivity contribution is 0.112. The van der Waals surface area contributed by atoms with Crippen molar-refractivity contribution in [2.45, 2.75) is 0 Å². The number of hydrogen-bond donors (Lipinski definition) is 0. The number of hydrogen-bond acceptors (Lipinski definition) is 3. The number of rotatable bonds is 2. The van der Waals surface area contributed by atoms with Gasteiger partial charge in [-0.3, -0.25) is 4.79 Å². The highest BCUT2D eigenvalue weighted by molar-refractivity contribution is 6.32. The van der Waals surface area contributed by atoms with Crippen molar-refractivity contribution in [2.24, 2.45) is 0 Å². The van der Waals surface area contributed by atoms with Crippen LogP contribution in [-0.4, -0.2) is 16.3 Å². The Morgan fingerprint density at radius 1 is 1.13 bits per heavy atom. The fourth-order valence-corrected chi connectivity index (χ4v) is 1.48. The standard InChI is InChI=1S/C11H7ClN2O/c12-11-9(6-15)10(13-7-14-11)8-4-2-1-3-5-8/h1-7H. The third-order valence-corrected chi connectivity index (χ3v) is 2.30. The van der Waals surface area contributed by atoms with Crippen molar-refractivity contribution >= 4 is 17.9 Å². The topological polar surface area (TPSA) is 42.9 Å². The molecule has 1 aromatic carbocycles. The summed E-state index contributed by atoms with van der Waals surface area (Å²) in [4.78, 5) is 18.7. The van der Waals surface area contributed by atoms with Gasteiger partial charge in [-0.2, -0.15) is 0 Å². The molecule has 0 N–H and O–H groups in total. The number of nitrogens with zero attached hydrogens (tertiary/aromatic N) is 2. The Balaban J connectivity index is 2.63. The number of carbonyl (C=O) groups is 1. The van der Waals surface area contributed by atoms with Gasteiger partial charge in [0.15, 0.2) is 6.29 Å². The summed E-state index contributed by atoms with van der Waals surface area (Å²) in [7, 11) is 0. The van der Waals surface area contributed by atoms with Crippen LogP contribution in [0.5, 0.6) is 0 Å². The summed E-state index contributed by atoms with van der Waals surface area (Å²) in [5, 5.41) is 0.179. The number of aromatic nitrogens is 2. The first-order valence-electron chi connectivity index (χ1n) is 4.34. The summed E-state index contributed by atoms with van der Waals surface area (Å²) < 4.78 is 0. The zero-order valence-electron chi connectivity index (χ0n) is 7.72. The normalized spacial score (nSPS) is 9.93. The molecule has 0 unspecified atom stereocenters. The molecule has 4 heteroatoms. The molecule has 0 saturated heterocycles. The first-order valence-corrected chi connectivity index (χ1v) is 4.72. The van der Waals surface area contributed by atoms with Crippen molar-refractivity contribution < 1.29 is 4.79 Å². The summed E-state index contributed by atoms with van der Waals surface area (Å²) >= 11 is 5.80. The fraction of sp³-hybridized carbons (Fsp3) is 0. The molecule has 3 nitrogen and oxygen atoms in total. The number of carbonyl (C=O) groups excluding carboxylic acids is 1. The highest BCUT2D eigenvalue weighted by Crippen LogP contribution is 2.23. The Hall–Kier alpha value is -1.74. The summed E-state index contributed by atoms with van der Waals surface area (Å²) in [6, 6.07) is 9.38. The molecule has 1 heterocycles. The Morgan fingerprint density at radius 3 is 2.53 bits per heavy atom. The van der Waals surface area contributed by atoms with Crippen LogP contribution >= 0.6 is 11.6 Å². The highest BCUT2D eigenvalue weighted by Gasteiger charge is 2.09. The van der Waals surface area contributed by atoms with Crippen LogP contribution in [0.2, 0.25) is 5.15 Å². The van der Waals surface area contributed by atoms with E-state index in [2.05, 4.69) is 9.97 Å². The predicted molar refractivity (Wildman–Crippen MR) is 57.9 cm³/mol. The third-order valence-electron chi connectivity index (χ3n) is 2.00. The van der Waals surface area contributed by atoms with E-state index in [1.54, 1.807) is 0 Å². The Bertz CT molecular complexity index is 485. The molecular formula is C11H7ClN2O. The monoisotopic (exact) mass is 218 g/mol. The summed E-state index contributed by atoms with van der Waals surface area (Å²) in [5.74, 6) is 0. The van der Waals surface area contributed by atoms with Gasteiger partial charge in [-0.1, -0.05) is 41.9 Å². The van der Waals surface area contributed by atoms with Crippen LogP contribution in [0, 0.1) is 0 Å². The molecule has 0 spiro atoms. The second-order valence-corrected chi connectivity index (χ2v) is 3.27. The third kappa shape index (κ3) is 1.87. The van der Waals surface area contributed by atoms with Gasteiger partial charge in [-0.05, 0) is 0 Å². The van der Waals surface area contributed by atoms with Gasteiger partial charge in [-0.15, -0.1) is 0 Å². The van der Waals surface area contributed by atoms with E-state index in [1.807, 2.05) is 30.3 Å². The van der Waals surface area contributed by atoms with Gasteiger partial charge >= 0.3 is 0 Å². The van der Waals surface area contributed by atoms with Crippen LogP contribution in [0.4, 0.5) is 0 Å².